The summed E-state index contributed by atoms with van der Waals surface area (Å²) in [4.78, 5) is 8.71. The quantitative estimate of drug-likeness (QED) is 0.864. The molecule has 0 aromatic carbocycles. The monoisotopic (exact) mass is 281 g/mol. The van der Waals surface area contributed by atoms with Crippen molar-refractivity contribution in [2.24, 2.45) is 0 Å². The second-order valence-corrected chi connectivity index (χ2v) is 6.47. The van der Waals surface area contributed by atoms with Gasteiger partial charge in [0, 0.05) is 24.5 Å². The Bertz CT molecular complexity index is 383. The van der Waals surface area contributed by atoms with Crippen molar-refractivity contribution in [3.8, 4) is 0 Å². The molecule has 2 rings (SSSR count). The molecule has 0 saturated heterocycles. The first-order chi connectivity index (χ1) is 9.26. The van der Waals surface area contributed by atoms with Crippen LogP contribution < -0.4 is 10.2 Å². The lowest BCUT2D eigenvalue weighted by Crippen LogP contribution is -2.33. The van der Waals surface area contributed by atoms with Gasteiger partial charge in [0.1, 0.15) is 0 Å². The second-order valence-electron chi connectivity index (χ2n) is 5.40. The Labute approximate surface area is 121 Å². The molecule has 1 aromatic heterocycles. The van der Waals surface area contributed by atoms with Crippen LogP contribution in [0.4, 0.5) is 5.13 Å². The fraction of sp³-hybridized carbons (Fsp3) is 0.800. The Kier molecular flexibility index (Phi) is 5.64. The predicted molar refractivity (Wildman–Crippen MR) is 84.1 cm³/mol. The number of hydrogen-bond acceptors (Lipinski definition) is 4. The zero-order valence-corrected chi connectivity index (χ0v) is 13.4. The van der Waals surface area contributed by atoms with E-state index in [1.54, 1.807) is 0 Å². The largest absolute Gasteiger partial charge is 0.348 e. The van der Waals surface area contributed by atoms with Gasteiger partial charge in [-0.15, -0.1) is 11.3 Å². The maximum Gasteiger partial charge on any atom is 0.185 e. The van der Waals surface area contributed by atoms with Gasteiger partial charge in [-0.2, -0.15) is 0 Å². The van der Waals surface area contributed by atoms with E-state index in [0.29, 0.717) is 6.04 Å². The van der Waals surface area contributed by atoms with Crippen molar-refractivity contribution in [2.75, 3.05) is 18.5 Å². The van der Waals surface area contributed by atoms with Crippen molar-refractivity contribution < 1.29 is 0 Å². The van der Waals surface area contributed by atoms with Crippen LogP contribution in [-0.4, -0.2) is 24.6 Å². The van der Waals surface area contributed by atoms with Gasteiger partial charge in [-0.3, -0.25) is 0 Å². The molecule has 19 heavy (non-hydrogen) atoms. The zero-order valence-electron chi connectivity index (χ0n) is 12.5. The molecule has 1 heterocycles. The van der Waals surface area contributed by atoms with Crippen LogP contribution in [0.1, 0.15) is 56.5 Å². The van der Waals surface area contributed by atoms with E-state index < -0.39 is 0 Å². The molecular formula is C15H27N3S. The Balaban J connectivity index is 2.07. The van der Waals surface area contributed by atoms with Gasteiger partial charge in [0.25, 0.3) is 0 Å². The van der Waals surface area contributed by atoms with Crippen molar-refractivity contribution in [3.05, 3.63) is 10.6 Å². The van der Waals surface area contributed by atoms with Gasteiger partial charge in [0.2, 0.25) is 0 Å². The number of aryl methyl sites for hydroxylation is 1. The van der Waals surface area contributed by atoms with E-state index >= 15 is 0 Å². The van der Waals surface area contributed by atoms with Gasteiger partial charge in [0.05, 0.1) is 5.69 Å². The molecule has 1 aromatic rings. The van der Waals surface area contributed by atoms with Crippen molar-refractivity contribution >= 4 is 16.5 Å². The number of hydrogen-bond donors (Lipinski definition) is 1. The van der Waals surface area contributed by atoms with Crippen LogP contribution in [-0.2, 0) is 13.0 Å². The smallest absolute Gasteiger partial charge is 0.185 e. The van der Waals surface area contributed by atoms with Crippen LogP contribution in [0.5, 0.6) is 0 Å². The highest BCUT2D eigenvalue weighted by Gasteiger charge is 2.21. The zero-order chi connectivity index (χ0) is 13.7. The number of thiazole rings is 1. The van der Waals surface area contributed by atoms with E-state index in [4.69, 9.17) is 4.98 Å². The average Bonchev–Trinajstić information content (AvgIpc) is 2.88. The van der Waals surface area contributed by atoms with Gasteiger partial charge < -0.3 is 10.2 Å². The summed E-state index contributed by atoms with van der Waals surface area (Å²) in [5.74, 6) is 0. The third kappa shape index (κ3) is 3.69. The highest BCUT2D eigenvalue weighted by Crippen LogP contribution is 2.31. The molecule has 1 N–H and O–H groups in total. The molecule has 1 saturated carbocycles. The molecule has 0 bridgehead atoms. The molecule has 108 valence electrons. The summed E-state index contributed by atoms with van der Waals surface area (Å²) < 4.78 is 0. The van der Waals surface area contributed by atoms with Crippen LogP contribution in [0, 0.1) is 0 Å². The van der Waals surface area contributed by atoms with E-state index in [2.05, 4.69) is 31.1 Å². The molecule has 1 fully saturated rings. The van der Waals surface area contributed by atoms with Crippen LogP contribution in [0.15, 0.2) is 0 Å². The molecule has 4 heteroatoms. The molecule has 0 unspecified atom stereocenters. The molecule has 0 atom stereocenters. The summed E-state index contributed by atoms with van der Waals surface area (Å²) in [5, 5.41) is 4.64. The van der Waals surface area contributed by atoms with Gasteiger partial charge in [-0.05, 0) is 25.8 Å². The van der Waals surface area contributed by atoms with E-state index in [1.165, 1.54) is 47.8 Å². The molecule has 0 spiro atoms. The minimum Gasteiger partial charge on any atom is -0.348 e. The molecular weight excluding hydrogens is 254 g/mol. The Morgan fingerprint density at radius 3 is 2.63 bits per heavy atom. The van der Waals surface area contributed by atoms with Crippen molar-refractivity contribution in [1.29, 1.82) is 0 Å². The van der Waals surface area contributed by atoms with Crippen LogP contribution >= 0.6 is 11.3 Å². The minimum atomic E-state index is 0.705. The number of aromatic nitrogens is 1. The number of nitrogens with zero attached hydrogens (tertiary/aromatic N) is 2. The Morgan fingerprint density at radius 1 is 1.26 bits per heavy atom. The van der Waals surface area contributed by atoms with Crippen molar-refractivity contribution in [1.82, 2.24) is 10.3 Å². The van der Waals surface area contributed by atoms with Gasteiger partial charge >= 0.3 is 0 Å². The maximum atomic E-state index is 4.86. The fourth-order valence-corrected chi connectivity index (χ4v) is 3.95. The molecule has 0 amide bonds. The molecule has 3 nitrogen and oxygen atoms in total. The molecule has 0 aliphatic heterocycles. The van der Waals surface area contributed by atoms with E-state index in [-0.39, 0.29) is 0 Å². The SMILES string of the molecule is CCNCc1sc(N(C)C2CCCCC2)nc1CC. The number of anilines is 1. The van der Waals surface area contributed by atoms with E-state index in [9.17, 15) is 0 Å². The first kappa shape index (κ1) is 14.8. The summed E-state index contributed by atoms with van der Waals surface area (Å²) in [6.45, 7) is 6.35. The van der Waals surface area contributed by atoms with Crippen LogP contribution in [0.2, 0.25) is 0 Å². The number of rotatable bonds is 6. The van der Waals surface area contributed by atoms with Crippen molar-refractivity contribution in [3.63, 3.8) is 0 Å². The summed E-state index contributed by atoms with van der Waals surface area (Å²) in [7, 11) is 2.23. The Hall–Kier alpha value is -0.610. The van der Waals surface area contributed by atoms with Crippen LogP contribution in [0.25, 0.3) is 0 Å². The third-order valence-electron chi connectivity index (χ3n) is 4.06. The lowest BCUT2D eigenvalue weighted by Gasteiger charge is -2.30. The standard InChI is InChI=1S/C15H27N3S/c1-4-13-14(11-16-5-2)19-15(17-13)18(3)12-9-7-6-8-10-12/h12,16H,4-11H2,1-3H3. The van der Waals surface area contributed by atoms with Gasteiger partial charge in [-0.25, -0.2) is 4.98 Å². The van der Waals surface area contributed by atoms with Crippen molar-refractivity contribution in [2.45, 2.75) is 65.0 Å². The average molecular weight is 281 g/mol. The first-order valence-electron chi connectivity index (χ1n) is 7.68. The normalized spacial score (nSPS) is 16.8. The second kappa shape index (κ2) is 7.25. The van der Waals surface area contributed by atoms with Gasteiger partial charge in [0.15, 0.2) is 5.13 Å². The van der Waals surface area contributed by atoms with E-state index in [1.807, 2.05) is 11.3 Å². The summed E-state index contributed by atoms with van der Waals surface area (Å²) in [5.41, 5.74) is 1.28. The Morgan fingerprint density at radius 2 is 2.00 bits per heavy atom. The molecule has 1 aliphatic rings. The predicted octanol–water partition coefficient (Wildman–Crippen LogP) is 3.58. The lowest BCUT2D eigenvalue weighted by molar-refractivity contribution is 0.427. The highest BCUT2D eigenvalue weighted by molar-refractivity contribution is 7.15. The first-order valence-corrected chi connectivity index (χ1v) is 8.50. The van der Waals surface area contributed by atoms with Crippen LogP contribution in [0.3, 0.4) is 0 Å². The summed E-state index contributed by atoms with van der Waals surface area (Å²) >= 11 is 1.88. The molecule has 1 aliphatic carbocycles. The maximum absolute atomic E-state index is 4.86. The summed E-state index contributed by atoms with van der Waals surface area (Å²) in [6, 6.07) is 0.705. The van der Waals surface area contributed by atoms with Gasteiger partial charge in [-0.1, -0.05) is 33.1 Å². The lowest BCUT2D eigenvalue weighted by atomic mass is 9.95. The molecule has 0 radical (unpaired) electrons. The fourth-order valence-electron chi connectivity index (χ4n) is 2.80. The summed E-state index contributed by atoms with van der Waals surface area (Å²) in [6.07, 6.45) is 7.88. The minimum absolute atomic E-state index is 0.705. The van der Waals surface area contributed by atoms with E-state index in [0.717, 1.165) is 19.5 Å². The third-order valence-corrected chi connectivity index (χ3v) is 5.25. The highest BCUT2D eigenvalue weighted by atomic mass is 32.1. The topological polar surface area (TPSA) is 28.2 Å². The number of nitrogens with one attached hydrogen (secondary N) is 1.